The molecule has 5 heteroatoms. The molecule has 0 radical (unpaired) electrons. The summed E-state index contributed by atoms with van der Waals surface area (Å²) in [5.41, 5.74) is 0.491. The number of thiocarbonyl (C=S) groups is 1. The molecule has 1 aromatic carbocycles. The normalized spacial score (nSPS) is 11.0. The molecule has 0 fully saturated rings. The molecule has 20 heavy (non-hydrogen) atoms. The molecule has 0 saturated carbocycles. The Kier molecular flexibility index (Phi) is 6.43. The third-order valence-corrected chi connectivity index (χ3v) is 3.00. The van der Waals surface area contributed by atoms with Gasteiger partial charge in [0.25, 0.3) is 0 Å². The van der Waals surface area contributed by atoms with E-state index in [1.807, 2.05) is 32.9 Å². The predicted molar refractivity (Wildman–Crippen MR) is 86.2 cm³/mol. The van der Waals surface area contributed by atoms with Crippen LogP contribution in [0.5, 0.6) is 0 Å². The SMILES string of the molecule is CC(C)(C)OC(=O)CCCNC(=S)c1ccc(Cl)cc1. The standard InChI is InChI=1S/C15H20ClNO2S/c1-15(2,3)19-13(18)5-4-10-17-14(20)11-6-8-12(16)9-7-11/h6-9H,4-5,10H2,1-3H3,(H,17,20). The molecule has 110 valence electrons. The molecule has 0 heterocycles. The van der Waals surface area contributed by atoms with E-state index in [1.165, 1.54) is 0 Å². The lowest BCUT2D eigenvalue weighted by Crippen LogP contribution is -2.26. The Morgan fingerprint density at radius 1 is 1.30 bits per heavy atom. The lowest BCUT2D eigenvalue weighted by molar-refractivity contribution is -0.154. The zero-order valence-electron chi connectivity index (χ0n) is 12.0. The van der Waals surface area contributed by atoms with Crippen molar-refractivity contribution in [2.24, 2.45) is 0 Å². The summed E-state index contributed by atoms with van der Waals surface area (Å²) in [5.74, 6) is -0.184. The van der Waals surface area contributed by atoms with Crippen LogP contribution in [-0.2, 0) is 9.53 Å². The van der Waals surface area contributed by atoms with Gasteiger partial charge in [-0.25, -0.2) is 0 Å². The molecule has 0 spiro atoms. The second-order valence-corrected chi connectivity index (χ2v) is 6.30. The number of esters is 1. The van der Waals surface area contributed by atoms with E-state index in [9.17, 15) is 4.79 Å². The Labute approximate surface area is 130 Å². The minimum atomic E-state index is -0.427. The number of rotatable bonds is 5. The second kappa shape index (κ2) is 7.60. The average molecular weight is 314 g/mol. The lowest BCUT2D eigenvalue weighted by Gasteiger charge is -2.19. The summed E-state index contributed by atoms with van der Waals surface area (Å²) in [6, 6.07) is 7.33. The molecule has 3 nitrogen and oxygen atoms in total. The van der Waals surface area contributed by atoms with Crippen molar-refractivity contribution in [2.45, 2.75) is 39.2 Å². The van der Waals surface area contributed by atoms with Crippen LogP contribution >= 0.6 is 23.8 Å². The van der Waals surface area contributed by atoms with Gasteiger partial charge in [0.05, 0.1) is 0 Å². The molecule has 0 aliphatic carbocycles. The highest BCUT2D eigenvalue weighted by Gasteiger charge is 2.15. The first-order valence-corrected chi connectivity index (χ1v) is 7.32. The minimum Gasteiger partial charge on any atom is -0.460 e. The average Bonchev–Trinajstić information content (AvgIpc) is 2.33. The molecule has 0 aliphatic heterocycles. The first-order chi connectivity index (χ1) is 9.28. The van der Waals surface area contributed by atoms with Crippen LogP contribution in [0.4, 0.5) is 0 Å². The summed E-state index contributed by atoms with van der Waals surface area (Å²) in [4.78, 5) is 12.2. The summed E-state index contributed by atoms with van der Waals surface area (Å²) in [5, 5.41) is 3.80. The Balaban J connectivity index is 2.26. The van der Waals surface area contributed by atoms with Crippen molar-refractivity contribution in [1.82, 2.24) is 5.32 Å². The first-order valence-electron chi connectivity index (χ1n) is 6.53. The molecular formula is C15H20ClNO2S. The van der Waals surface area contributed by atoms with Crippen LogP contribution in [0.15, 0.2) is 24.3 Å². The lowest BCUT2D eigenvalue weighted by atomic mass is 10.2. The van der Waals surface area contributed by atoms with Gasteiger partial charge in [-0.3, -0.25) is 4.79 Å². The van der Waals surface area contributed by atoms with E-state index >= 15 is 0 Å². The fraction of sp³-hybridized carbons (Fsp3) is 0.467. The zero-order valence-corrected chi connectivity index (χ0v) is 13.6. The van der Waals surface area contributed by atoms with Crippen LogP contribution < -0.4 is 5.32 Å². The largest absolute Gasteiger partial charge is 0.460 e. The predicted octanol–water partition coefficient (Wildman–Crippen LogP) is 3.73. The number of ether oxygens (including phenoxy) is 1. The van der Waals surface area contributed by atoms with Crippen molar-refractivity contribution < 1.29 is 9.53 Å². The highest BCUT2D eigenvalue weighted by Crippen LogP contribution is 2.10. The van der Waals surface area contributed by atoms with Crippen molar-refractivity contribution >= 4 is 34.8 Å². The van der Waals surface area contributed by atoms with Crippen molar-refractivity contribution in [1.29, 1.82) is 0 Å². The van der Waals surface area contributed by atoms with Gasteiger partial charge in [-0.1, -0.05) is 36.0 Å². The second-order valence-electron chi connectivity index (χ2n) is 5.45. The highest BCUT2D eigenvalue weighted by molar-refractivity contribution is 7.80. The Morgan fingerprint density at radius 2 is 1.90 bits per heavy atom. The van der Waals surface area contributed by atoms with Crippen LogP contribution in [-0.4, -0.2) is 23.1 Å². The van der Waals surface area contributed by atoms with Crippen molar-refractivity contribution in [3.63, 3.8) is 0 Å². The van der Waals surface area contributed by atoms with E-state index in [0.717, 1.165) is 5.56 Å². The topological polar surface area (TPSA) is 38.3 Å². The van der Waals surface area contributed by atoms with E-state index in [0.29, 0.717) is 29.4 Å². The van der Waals surface area contributed by atoms with E-state index in [2.05, 4.69) is 5.32 Å². The Morgan fingerprint density at radius 3 is 2.45 bits per heavy atom. The van der Waals surface area contributed by atoms with Gasteiger partial charge in [0.15, 0.2) is 0 Å². The van der Waals surface area contributed by atoms with E-state index < -0.39 is 5.60 Å². The number of carbonyl (C=O) groups excluding carboxylic acids is 1. The molecule has 1 N–H and O–H groups in total. The summed E-state index contributed by atoms with van der Waals surface area (Å²) < 4.78 is 5.23. The van der Waals surface area contributed by atoms with Gasteiger partial charge in [-0.15, -0.1) is 0 Å². The number of hydrogen-bond acceptors (Lipinski definition) is 3. The minimum absolute atomic E-state index is 0.184. The van der Waals surface area contributed by atoms with Crippen LogP contribution in [0.3, 0.4) is 0 Å². The summed E-state index contributed by atoms with van der Waals surface area (Å²) in [6.07, 6.45) is 1.07. The van der Waals surface area contributed by atoms with Crippen molar-refractivity contribution in [2.75, 3.05) is 6.54 Å². The van der Waals surface area contributed by atoms with Gasteiger partial charge < -0.3 is 10.1 Å². The maximum Gasteiger partial charge on any atom is 0.306 e. The molecule has 0 saturated heterocycles. The van der Waals surface area contributed by atoms with Crippen LogP contribution in [0.2, 0.25) is 5.02 Å². The Hall–Kier alpha value is -1.13. The fourth-order valence-electron chi connectivity index (χ4n) is 1.53. The third kappa shape index (κ3) is 6.87. The number of nitrogens with one attached hydrogen (secondary N) is 1. The van der Waals surface area contributed by atoms with Crippen molar-refractivity contribution in [3.8, 4) is 0 Å². The number of carbonyl (C=O) groups is 1. The molecular weight excluding hydrogens is 294 g/mol. The van der Waals surface area contributed by atoms with E-state index in [1.54, 1.807) is 12.1 Å². The molecule has 0 aliphatic rings. The zero-order chi connectivity index (χ0) is 15.2. The summed E-state index contributed by atoms with van der Waals surface area (Å²) in [6.45, 7) is 6.22. The van der Waals surface area contributed by atoms with E-state index in [4.69, 9.17) is 28.6 Å². The smallest absolute Gasteiger partial charge is 0.306 e. The molecule has 1 rings (SSSR count). The van der Waals surface area contributed by atoms with Crippen molar-refractivity contribution in [3.05, 3.63) is 34.9 Å². The van der Waals surface area contributed by atoms with Gasteiger partial charge in [-0.05, 0) is 39.3 Å². The molecule has 0 bridgehead atoms. The van der Waals surface area contributed by atoms with Crippen LogP contribution in [0.25, 0.3) is 0 Å². The molecule has 1 aromatic rings. The van der Waals surface area contributed by atoms with Gasteiger partial charge in [0.2, 0.25) is 0 Å². The van der Waals surface area contributed by atoms with Gasteiger partial charge in [0, 0.05) is 23.6 Å². The maximum atomic E-state index is 11.5. The Bertz CT molecular complexity index is 466. The van der Waals surface area contributed by atoms with Crippen LogP contribution in [0, 0.1) is 0 Å². The van der Waals surface area contributed by atoms with Gasteiger partial charge in [-0.2, -0.15) is 0 Å². The van der Waals surface area contributed by atoms with Crippen LogP contribution in [0.1, 0.15) is 39.2 Å². The quantitative estimate of drug-likeness (QED) is 0.511. The molecule has 0 atom stereocenters. The number of hydrogen-bond donors (Lipinski definition) is 1. The third-order valence-electron chi connectivity index (χ3n) is 2.37. The highest BCUT2D eigenvalue weighted by atomic mass is 35.5. The van der Waals surface area contributed by atoms with Gasteiger partial charge in [0.1, 0.15) is 10.6 Å². The van der Waals surface area contributed by atoms with E-state index in [-0.39, 0.29) is 5.97 Å². The number of benzene rings is 1. The molecule has 0 amide bonds. The van der Waals surface area contributed by atoms with Gasteiger partial charge >= 0.3 is 5.97 Å². The molecule has 0 unspecified atom stereocenters. The first kappa shape index (κ1) is 16.9. The maximum absolute atomic E-state index is 11.5. The summed E-state index contributed by atoms with van der Waals surface area (Å²) in [7, 11) is 0. The molecule has 0 aromatic heterocycles. The number of halogens is 1. The summed E-state index contributed by atoms with van der Waals surface area (Å²) >= 11 is 11.1. The monoisotopic (exact) mass is 313 g/mol. The fourth-order valence-corrected chi connectivity index (χ4v) is 1.89.